The maximum atomic E-state index is 10.7. The quantitative estimate of drug-likeness (QED) is 0.538. The smallest absolute Gasteiger partial charge is 0.308 e. The highest BCUT2D eigenvalue weighted by molar-refractivity contribution is 5.78. The molecule has 0 aromatic carbocycles. The molecular formula is C8H16N2O3. The Balaban J connectivity index is 3.97. The normalized spacial score (nSPS) is 12.6. The molecule has 0 aliphatic rings. The third-order valence-corrected chi connectivity index (χ3v) is 1.83. The molecule has 0 aromatic rings. The van der Waals surface area contributed by atoms with Gasteiger partial charge in [-0.3, -0.25) is 9.59 Å². The van der Waals surface area contributed by atoms with Crippen LogP contribution in [-0.4, -0.2) is 30.1 Å². The summed E-state index contributed by atoms with van der Waals surface area (Å²) in [6, 6.07) is 0. The van der Waals surface area contributed by atoms with Gasteiger partial charge in [-0.1, -0.05) is 13.8 Å². The SMILES string of the molecule is CC(C)C(CNC(=O)CN)C(=O)O. The molecule has 0 aliphatic carbocycles. The highest BCUT2D eigenvalue weighted by atomic mass is 16.4. The van der Waals surface area contributed by atoms with Gasteiger partial charge in [0.05, 0.1) is 12.5 Å². The van der Waals surface area contributed by atoms with Crippen LogP contribution in [0.15, 0.2) is 0 Å². The highest BCUT2D eigenvalue weighted by Crippen LogP contribution is 2.09. The van der Waals surface area contributed by atoms with Crippen molar-refractivity contribution in [2.75, 3.05) is 13.1 Å². The number of aliphatic carboxylic acids is 1. The molecule has 0 bridgehead atoms. The van der Waals surface area contributed by atoms with Crippen molar-refractivity contribution in [2.45, 2.75) is 13.8 Å². The van der Waals surface area contributed by atoms with Gasteiger partial charge in [0.25, 0.3) is 0 Å². The first-order valence-corrected chi connectivity index (χ1v) is 4.18. The number of carbonyl (C=O) groups excluding carboxylic acids is 1. The summed E-state index contributed by atoms with van der Waals surface area (Å²) in [5, 5.41) is 11.2. The maximum absolute atomic E-state index is 10.7. The highest BCUT2D eigenvalue weighted by Gasteiger charge is 2.21. The van der Waals surface area contributed by atoms with Crippen LogP contribution in [0, 0.1) is 11.8 Å². The lowest BCUT2D eigenvalue weighted by atomic mass is 9.96. The summed E-state index contributed by atoms with van der Waals surface area (Å²) < 4.78 is 0. The zero-order valence-corrected chi connectivity index (χ0v) is 7.91. The van der Waals surface area contributed by atoms with Gasteiger partial charge >= 0.3 is 5.97 Å². The van der Waals surface area contributed by atoms with Gasteiger partial charge in [-0.2, -0.15) is 0 Å². The number of rotatable bonds is 5. The van der Waals surface area contributed by atoms with Crippen molar-refractivity contribution in [3.63, 3.8) is 0 Å². The van der Waals surface area contributed by atoms with E-state index in [2.05, 4.69) is 5.32 Å². The molecule has 1 amide bonds. The summed E-state index contributed by atoms with van der Waals surface area (Å²) in [5.41, 5.74) is 5.05. The molecule has 0 radical (unpaired) electrons. The molecule has 5 nitrogen and oxygen atoms in total. The van der Waals surface area contributed by atoms with Crippen LogP contribution in [0.25, 0.3) is 0 Å². The topological polar surface area (TPSA) is 92.4 Å². The number of nitrogens with two attached hydrogens (primary N) is 1. The molecule has 1 atom stereocenters. The Kier molecular flexibility index (Phi) is 5.06. The van der Waals surface area contributed by atoms with Crippen molar-refractivity contribution < 1.29 is 14.7 Å². The molecule has 0 fully saturated rings. The number of carboxylic acids is 1. The fraction of sp³-hybridized carbons (Fsp3) is 0.750. The number of nitrogens with one attached hydrogen (secondary N) is 1. The molecule has 0 rings (SSSR count). The van der Waals surface area contributed by atoms with E-state index in [1.807, 2.05) is 0 Å². The van der Waals surface area contributed by atoms with Crippen LogP contribution in [0.5, 0.6) is 0 Å². The number of amides is 1. The third-order valence-electron chi connectivity index (χ3n) is 1.83. The third kappa shape index (κ3) is 4.47. The molecule has 1 unspecified atom stereocenters. The molecule has 0 saturated heterocycles. The maximum Gasteiger partial charge on any atom is 0.308 e. The number of carboxylic acid groups (broad SMARTS) is 1. The van der Waals surface area contributed by atoms with Gasteiger partial charge in [-0.05, 0) is 5.92 Å². The lowest BCUT2D eigenvalue weighted by Crippen LogP contribution is -2.38. The largest absolute Gasteiger partial charge is 0.481 e. The van der Waals surface area contributed by atoms with Gasteiger partial charge < -0.3 is 16.2 Å². The number of hydrogen-bond acceptors (Lipinski definition) is 3. The monoisotopic (exact) mass is 188 g/mol. The number of hydrogen-bond donors (Lipinski definition) is 3. The van der Waals surface area contributed by atoms with E-state index in [1.165, 1.54) is 0 Å². The van der Waals surface area contributed by atoms with E-state index in [4.69, 9.17) is 10.8 Å². The van der Waals surface area contributed by atoms with Gasteiger partial charge in [0.15, 0.2) is 0 Å². The van der Waals surface area contributed by atoms with Crippen LogP contribution in [0.2, 0.25) is 0 Å². The molecule has 13 heavy (non-hydrogen) atoms. The van der Waals surface area contributed by atoms with Crippen LogP contribution in [0.4, 0.5) is 0 Å². The molecule has 0 aromatic heterocycles. The standard InChI is InChI=1S/C8H16N2O3/c1-5(2)6(8(12)13)4-10-7(11)3-9/h5-6H,3-4,9H2,1-2H3,(H,10,11)(H,12,13). The molecule has 0 spiro atoms. The van der Waals surface area contributed by atoms with Crippen molar-refractivity contribution in [3.8, 4) is 0 Å². The fourth-order valence-electron chi connectivity index (χ4n) is 0.904. The molecule has 0 heterocycles. The zero-order valence-electron chi connectivity index (χ0n) is 7.91. The van der Waals surface area contributed by atoms with Crippen LogP contribution < -0.4 is 11.1 Å². The van der Waals surface area contributed by atoms with Gasteiger partial charge in [-0.25, -0.2) is 0 Å². The average Bonchev–Trinajstić information content (AvgIpc) is 2.03. The first-order valence-electron chi connectivity index (χ1n) is 4.18. The second-order valence-corrected chi connectivity index (χ2v) is 3.20. The predicted octanol–water partition coefficient (Wildman–Crippen LogP) is -0.582. The Morgan fingerprint density at radius 3 is 2.31 bits per heavy atom. The molecule has 76 valence electrons. The van der Waals surface area contributed by atoms with Crippen LogP contribution >= 0.6 is 0 Å². The Morgan fingerprint density at radius 1 is 1.46 bits per heavy atom. The van der Waals surface area contributed by atoms with Crippen molar-refractivity contribution in [1.29, 1.82) is 0 Å². The van der Waals surface area contributed by atoms with Gasteiger partial charge in [0.1, 0.15) is 0 Å². The summed E-state index contributed by atoms with van der Waals surface area (Å²) >= 11 is 0. The lowest BCUT2D eigenvalue weighted by molar-refractivity contribution is -0.143. The Labute approximate surface area is 77.3 Å². The molecule has 0 saturated carbocycles. The van der Waals surface area contributed by atoms with Crippen molar-refractivity contribution >= 4 is 11.9 Å². The minimum absolute atomic E-state index is 0.00410. The van der Waals surface area contributed by atoms with E-state index in [9.17, 15) is 9.59 Å². The molecule has 5 heteroatoms. The van der Waals surface area contributed by atoms with Crippen molar-refractivity contribution in [1.82, 2.24) is 5.32 Å². The fourth-order valence-corrected chi connectivity index (χ4v) is 0.904. The second kappa shape index (κ2) is 5.53. The summed E-state index contributed by atoms with van der Waals surface area (Å²) in [6.07, 6.45) is 0. The average molecular weight is 188 g/mol. The van der Waals surface area contributed by atoms with E-state index >= 15 is 0 Å². The van der Waals surface area contributed by atoms with Crippen LogP contribution in [0.3, 0.4) is 0 Å². The van der Waals surface area contributed by atoms with Gasteiger partial charge in [-0.15, -0.1) is 0 Å². The summed E-state index contributed by atoms with van der Waals surface area (Å²) in [5.74, 6) is -1.77. The molecule has 0 aliphatic heterocycles. The summed E-state index contributed by atoms with van der Waals surface area (Å²) in [6.45, 7) is 3.63. The molecule has 4 N–H and O–H groups in total. The molecular weight excluding hydrogens is 172 g/mol. The van der Waals surface area contributed by atoms with E-state index in [1.54, 1.807) is 13.8 Å². The Hall–Kier alpha value is -1.10. The zero-order chi connectivity index (χ0) is 10.4. The number of carbonyl (C=O) groups is 2. The van der Waals surface area contributed by atoms with E-state index < -0.39 is 11.9 Å². The van der Waals surface area contributed by atoms with Crippen LogP contribution in [-0.2, 0) is 9.59 Å². The summed E-state index contributed by atoms with van der Waals surface area (Å²) in [7, 11) is 0. The first kappa shape index (κ1) is 11.9. The van der Waals surface area contributed by atoms with E-state index in [0.29, 0.717) is 0 Å². The minimum atomic E-state index is -0.896. The minimum Gasteiger partial charge on any atom is -0.481 e. The predicted molar refractivity (Wildman–Crippen MR) is 48.0 cm³/mol. The Morgan fingerprint density at radius 2 is 2.00 bits per heavy atom. The van der Waals surface area contributed by atoms with Gasteiger partial charge in [0.2, 0.25) is 5.91 Å². The van der Waals surface area contributed by atoms with Gasteiger partial charge in [0, 0.05) is 6.54 Å². The van der Waals surface area contributed by atoms with E-state index in [0.717, 1.165) is 0 Å². The van der Waals surface area contributed by atoms with E-state index in [-0.39, 0.29) is 24.9 Å². The van der Waals surface area contributed by atoms with Crippen molar-refractivity contribution in [2.24, 2.45) is 17.6 Å². The first-order chi connectivity index (χ1) is 5.99. The Bertz CT molecular complexity index is 192. The second-order valence-electron chi connectivity index (χ2n) is 3.20. The van der Waals surface area contributed by atoms with Crippen LogP contribution in [0.1, 0.15) is 13.8 Å². The van der Waals surface area contributed by atoms with Crippen molar-refractivity contribution in [3.05, 3.63) is 0 Å². The summed E-state index contributed by atoms with van der Waals surface area (Å²) in [4.78, 5) is 21.4. The lowest BCUT2D eigenvalue weighted by Gasteiger charge is -2.16.